The van der Waals surface area contributed by atoms with E-state index in [2.05, 4.69) is 21.9 Å². The van der Waals surface area contributed by atoms with E-state index < -0.39 is 5.82 Å². The number of aromatic nitrogens is 2. The Bertz CT molecular complexity index is 702. The number of hydrogen-bond acceptors (Lipinski definition) is 5. The van der Waals surface area contributed by atoms with Crippen molar-refractivity contribution in [1.82, 2.24) is 9.97 Å². The summed E-state index contributed by atoms with van der Waals surface area (Å²) in [7, 11) is 0. The van der Waals surface area contributed by atoms with Gasteiger partial charge in [0.2, 0.25) is 5.91 Å². The molecule has 2 aromatic heterocycles. The molecule has 1 N–H and O–H groups in total. The van der Waals surface area contributed by atoms with E-state index >= 15 is 0 Å². The van der Waals surface area contributed by atoms with Gasteiger partial charge in [-0.3, -0.25) is 9.78 Å². The van der Waals surface area contributed by atoms with Crippen molar-refractivity contribution in [3.8, 4) is 10.6 Å². The van der Waals surface area contributed by atoms with Gasteiger partial charge < -0.3 is 5.32 Å². The van der Waals surface area contributed by atoms with Crippen LogP contribution in [0.25, 0.3) is 10.6 Å². The molecule has 0 aliphatic carbocycles. The Hall–Kier alpha value is -1.73. The molecule has 2 rings (SSSR count). The van der Waals surface area contributed by atoms with E-state index in [0.717, 1.165) is 17.7 Å². The fourth-order valence-corrected chi connectivity index (χ4v) is 3.56. The second kappa shape index (κ2) is 8.21. The maximum absolute atomic E-state index is 13.3. The SMILES string of the molecule is C=CCSCC(C)C(=O)Nc1sc(-c2cncc(F)c2)nc1C. The van der Waals surface area contributed by atoms with Crippen LogP contribution in [0.1, 0.15) is 12.6 Å². The molecule has 0 aliphatic rings. The third kappa shape index (κ3) is 4.87. The van der Waals surface area contributed by atoms with Gasteiger partial charge in [-0.25, -0.2) is 9.37 Å². The van der Waals surface area contributed by atoms with E-state index in [1.54, 1.807) is 18.0 Å². The van der Waals surface area contributed by atoms with Crippen molar-refractivity contribution in [2.75, 3.05) is 16.8 Å². The number of halogens is 1. The number of nitrogens with zero attached hydrogens (tertiary/aromatic N) is 2. The van der Waals surface area contributed by atoms with Crippen LogP contribution >= 0.6 is 23.1 Å². The van der Waals surface area contributed by atoms with E-state index in [9.17, 15) is 9.18 Å². The molecule has 0 saturated heterocycles. The number of aryl methyl sites for hydroxylation is 1. The third-order valence-electron chi connectivity index (χ3n) is 3.04. The van der Waals surface area contributed by atoms with Crippen LogP contribution in [0.3, 0.4) is 0 Å². The lowest BCUT2D eigenvalue weighted by atomic mass is 10.2. The molecular weight excluding hydrogens is 333 g/mol. The predicted molar refractivity (Wildman–Crippen MR) is 95.4 cm³/mol. The number of pyridine rings is 1. The van der Waals surface area contributed by atoms with E-state index in [1.165, 1.54) is 17.4 Å². The van der Waals surface area contributed by atoms with Gasteiger partial charge in [0, 0.05) is 29.2 Å². The molecule has 0 bridgehead atoms. The highest BCUT2D eigenvalue weighted by atomic mass is 32.2. The van der Waals surface area contributed by atoms with Gasteiger partial charge in [-0.05, 0) is 13.0 Å². The summed E-state index contributed by atoms with van der Waals surface area (Å²) in [6.07, 6.45) is 4.53. The van der Waals surface area contributed by atoms with Crippen LogP contribution in [0.5, 0.6) is 0 Å². The van der Waals surface area contributed by atoms with Crippen molar-refractivity contribution in [2.45, 2.75) is 13.8 Å². The zero-order valence-electron chi connectivity index (χ0n) is 13.0. The molecule has 1 unspecified atom stereocenters. The topological polar surface area (TPSA) is 54.9 Å². The molecule has 2 heterocycles. The quantitative estimate of drug-likeness (QED) is 0.601. The first kappa shape index (κ1) is 17.6. The summed E-state index contributed by atoms with van der Waals surface area (Å²) in [6.45, 7) is 7.37. The maximum atomic E-state index is 13.3. The molecule has 0 aliphatic heterocycles. The Balaban J connectivity index is 2.06. The lowest BCUT2D eigenvalue weighted by Gasteiger charge is -2.10. The Labute approximate surface area is 143 Å². The Kier molecular flexibility index (Phi) is 6.29. The number of thiazole rings is 1. The van der Waals surface area contributed by atoms with Crippen molar-refractivity contribution in [3.63, 3.8) is 0 Å². The fraction of sp³-hybridized carbons (Fsp3) is 0.312. The number of hydrogen-bond donors (Lipinski definition) is 1. The van der Waals surface area contributed by atoms with Gasteiger partial charge in [0.1, 0.15) is 15.8 Å². The number of anilines is 1. The van der Waals surface area contributed by atoms with Crippen LogP contribution in [0.15, 0.2) is 31.1 Å². The van der Waals surface area contributed by atoms with Gasteiger partial charge in [0.15, 0.2) is 0 Å². The predicted octanol–water partition coefficient (Wildman–Crippen LogP) is 4.15. The molecule has 0 saturated carbocycles. The standard InChI is InChI=1S/C16H18FN3OS2/c1-4-5-22-9-10(2)14(21)20-15-11(3)19-16(23-15)12-6-13(17)8-18-7-12/h4,6-8,10H,1,5,9H2,2-3H3,(H,20,21). The van der Waals surface area contributed by atoms with Crippen LogP contribution < -0.4 is 5.32 Å². The number of amides is 1. The summed E-state index contributed by atoms with van der Waals surface area (Å²) in [5.41, 5.74) is 1.32. The molecular formula is C16H18FN3OS2. The summed E-state index contributed by atoms with van der Waals surface area (Å²) in [5.74, 6) is 0.997. The molecule has 0 aromatic carbocycles. The van der Waals surface area contributed by atoms with Gasteiger partial charge in [0.05, 0.1) is 11.9 Å². The minimum Gasteiger partial charge on any atom is -0.316 e. The first-order valence-corrected chi connectivity index (χ1v) is 9.06. The number of carbonyl (C=O) groups excluding carboxylic acids is 1. The van der Waals surface area contributed by atoms with Crippen molar-refractivity contribution in [3.05, 3.63) is 42.6 Å². The van der Waals surface area contributed by atoms with Gasteiger partial charge in [-0.15, -0.1) is 6.58 Å². The van der Waals surface area contributed by atoms with Crippen LogP contribution in [0, 0.1) is 18.7 Å². The Morgan fingerprint density at radius 3 is 3.04 bits per heavy atom. The average Bonchev–Trinajstić information content (AvgIpc) is 2.88. The zero-order chi connectivity index (χ0) is 16.8. The van der Waals surface area contributed by atoms with Crippen LogP contribution in [0.4, 0.5) is 9.39 Å². The molecule has 0 spiro atoms. The number of nitrogens with one attached hydrogen (secondary N) is 1. The molecule has 4 nitrogen and oxygen atoms in total. The molecule has 1 atom stereocenters. The first-order chi connectivity index (χ1) is 11.0. The van der Waals surface area contributed by atoms with E-state index in [-0.39, 0.29) is 11.8 Å². The Morgan fingerprint density at radius 1 is 1.57 bits per heavy atom. The second-order valence-corrected chi connectivity index (χ2v) is 7.12. The highest BCUT2D eigenvalue weighted by molar-refractivity contribution is 7.99. The molecule has 2 aromatic rings. The van der Waals surface area contributed by atoms with Gasteiger partial charge >= 0.3 is 0 Å². The second-order valence-electron chi connectivity index (χ2n) is 5.04. The molecule has 23 heavy (non-hydrogen) atoms. The average molecular weight is 351 g/mol. The van der Waals surface area contributed by atoms with E-state index in [1.807, 2.05) is 19.9 Å². The number of carbonyl (C=O) groups is 1. The van der Waals surface area contributed by atoms with Crippen molar-refractivity contribution in [1.29, 1.82) is 0 Å². The van der Waals surface area contributed by atoms with Gasteiger partial charge in [-0.1, -0.05) is 24.3 Å². The molecule has 1 amide bonds. The maximum Gasteiger partial charge on any atom is 0.228 e. The summed E-state index contributed by atoms with van der Waals surface area (Å²) in [4.78, 5) is 20.4. The summed E-state index contributed by atoms with van der Waals surface area (Å²) < 4.78 is 13.3. The van der Waals surface area contributed by atoms with Crippen LogP contribution in [0.2, 0.25) is 0 Å². The van der Waals surface area contributed by atoms with Crippen LogP contribution in [-0.2, 0) is 4.79 Å². The summed E-state index contributed by atoms with van der Waals surface area (Å²) in [6, 6.07) is 1.38. The van der Waals surface area contributed by atoms with Crippen molar-refractivity contribution >= 4 is 34.0 Å². The van der Waals surface area contributed by atoms with E-state index in [0.29, 0.717) is 21.3 Å². The van der Waals surface area contributed by atoms with Crippen molar-refractivity contribution < 1.29 is 9.18 Å². The molecule has 0 radical (unpaired) electrons. The highest BCUT2D eigenvalue weighted by Gasteiger charge is 2.17. The number of rotatable bonds is 7. The minimum atomic E-state index is -0.409. The largest absolute Gasteiger partial charge is 0.316 e. The Morgan fingerprint density at radius 2 is 2.35 bits per heavy atom. The molecule has 0 fully saturated rings. The molecule has 7 heteroatoms. The van der Waals surface area contributed by atoms with Gasteiger partial charge in [0.25, 0.3) is 0 Å². The highest BCUT2D eigenvalue weighted by Crippen LogP contribution is 2.32. The lowest BCUT2D eigenvalue weighted by Crippen LogP contribution is -2.22. The third-order valence-corrected chi connectivity index (χ3v) is 5.37. The lowest BCUT2D eigenvalue weighted by molar-refractivity contribution is -0.118. The normalized spacial score (nSPS) is 12.0. The minimum absolute atomic E-state index is 0.0442. The van der Waals surface area contributed by atoms with Crippen LogP contribution in [-0.4, -0.2) is 27.4 Å². The van der Waals surface area contributed by atoms with Gasteiger partial charge in [-0.2, -0.15) is 11.8 Å². The smallest absolute Gasteiger partial charge is 0.228 e. The van der Waals surface area contributed by atoms with Crippen molar-refractivity contribution in [2.24, 2.45) is 5.92 Å². The number of thioether (sulfide) groups is 1. The monoisotopic (exact) mass is 351 g/mol. The summed E-state index contributed by atoms with van der Waals surface area (Å²) in [5, 5.41) is 4.23. The molecule has 122 valence electrons. The summed E-state index contributed by atoms with van der Waals surface area (Å²) >= 11 is 2.99. The zero-order valence-corrected chi connectivity index (χ0v) is 14.6. The fourth-order valence-electron chi connectivity index (χ4n) is 1.80. The van der Waals surface area contributed by atoms with E-state index in [4.69, 9.17) is 0 Å². The first-order valence-electron chi connectivity index (χ1n) is 7.09.